The van der Waals surface area contributed by atoms with Crippen molar-refractivity contribution in [1.29, 1.82) is 0 Å². The zero-order chi connectivity index (χ0) is 13.0. The molecule has 0 saturated carbocycles. The largest absolute Gasteiger partial charge is 0.477 e. The molecule has 0 radical (unpaired) electrons. The van der Waals surface area contributed by atoms with Crippen molar-refractivity contribution in [1.82, 2.24) is 9.97 Å². The summed E-state index contributed by atoms with van der Waals surface area (Å²) in [5.41, 5.74) is 9.76. The van der Waals surface area contributed by atoms with Gasteiger partial charge in [0, 0.05) is 29.1 Å². The first-order valence-electron chi connectivity index (χ1n) is 5.90. The fourth-order valence-electron chi connectivity index (χ4n) is 1.68. The number of rotatable bonds is 5. The highest BCUT2D eigenvalue weighted by Crippen LogP contribution is 2.21. The summed E-state index contributed by atoms with van der Waals surface area (Å²) in [6, 6.07) is 3.75. The van der Waals surface area contributed by atoms with Gasteiger partial charge in [0.1, 0.15) is 0 Å². The van der Waals surface area contributed by atoms with E-state index in [1.165, 1.54) is 4.88 Å². The molecule has 0 amide bonds. The maximum Gasteiger partial charge on any atom is 0.218 e. The van der Waals surface area contributed by atoms with Crippen LogP contribution in [0.4, 0.5) is 0 Å². The second-order valence-corrected chi connectivity index (χ2v) is 5.09. The molecule has 1 atom stereocenters. The van der Waals surface area contributed by atoms with Crippen LogP contribution >= 0.6 is 11.3 Å². The highest BCUT2D eigenvalue weighted by molar-refractivity contribution is 7.09. The molecule has 2 N–H and O–H groups in total. The molecule has 0 aliphatic heterocycles. The predicted molar refractivity (Wildman–Crippen MR) is 72.9 cm³/mol. The van der Waals surface area contributed by atoms with E-state index in [0.717, 1.165) is 17.7 Å². The summed E-state index contributed by atoms with van der Waals surface area (Å²) in [5, 5.41) is 0. The number of ether oxygens (including phenoxy) is 1. The second-order valence-electron chi connectivity index (χ2n) is 4.15. The Balaban J connectivity index is 1.96. The lowest BCUT2D eigenvalue weighted by atomic mass is 10.1. The van der Waals surface area contributed by atoms with Crippen LogP contribution in [0.15, 0.2) is 23.8 Å². The Morgan fingerprint density at radius 3 is 2.94 bits per heavy atom. The Labute approximate surface area is 111 Å². The molecular formula is C13H17N3OS. The van der Waals surface area contributed by atoms with E-state index in [4.69, 9.17) is 10.5 Å². The molecule has 0 aliphatic carbocycles. The molecule has 96 valence electrons. The molecule has 2 aromatic rings. The third kappa shape index (κ3) is 3.05. The Kier molecular flexibility index (Phi) is 4.28. The summed E-state index contributed by atoms with van der Waals surface area (Å²) >= 11 is 1.66. The number of pyridine rings is 1. The van der Waals surface area contributed by atoms with Gasteiger partial charge in [0.2, 0.25) is 5.88 Å². The van der Waals surface area contributed by atoms with E-state index < -0.39 is 0 Å². The zero-order valence-electron chi connectivity index (χ0n) is 10.6. The van der Waals surface area contributed by atoms with Gasteiger partial charge in [-0.15, -0.1) is 11.3 Å². The quantitative estimate of drug-likeness (QED) is 0.900. The van der Waals surface area contributed by atoms with Crippen molar-refractivity contribution in [2.45, 2.75) is 26.3 Å². The van der Waals surface area contributed by atoms with Crippen molar-refractivity contribution < 1.29 is 4.74 Å². The van der Waals surface area contributed by atoms with Crippen LogP contribution in [0.2, 0.25) is 0 Å². The SMILES string of the molecule is Cc1ncsc1CCOc1ncccc1[C@@H](C)N. The van der Waals surface area contributed by atoms with E-state index in [1.54, 1.807) is 17.5 Å². The second kappa shape index (κ2) is 5.93. The van der Waals surface area contributed by atoms with Gasteiger partial charge in [0.05, 0.1) is 17.8 Å². The third-order valence-electron chi connectivity index (χ3n) is 2.70. The Hall–Kier alpha value is -1.46. The average Bonchev–Trinajstić information content (AvgIpc) is 2.76. The normalized spacial score (nSPS) is 12.4. The fraction of sp³-hybridized carbons (Fsp3) is 0.385. The maximum absolute atomic E-state index is 5.88. The van der Waals surface area contributed by atoms with Crippen LogP contribution in [0.3, 0.4) is 0 Å². The molecule has 4 nitrogen and oxygen atoms in total. The minimum atomic E-state index is -0.0705. The lowest BCUT2D eigenvalue weighted by Crippen LogP contribution is -2.10. The van der Waals surface area contributed by atoms with Crippen LogP contribution < -0.4 is 10.5 Å². The smallest absolute Gasteiger partial charge is 0.218 e. The Bertz CT molecular complexity index is 510. The van der Waals surface area contributed by atoms with Crippen molar-refractivity contribution in [3.05, 3.63) is 40.0 Å². The topological polar surface area (TPSA) is 61.0 Å². The van der Waals surface area contributed by atoms with Gasteiger partial charge in [-0.25, -0.2) is 9.97 Å². The van der Waals surface area contributed by atoms with Crippen molar-refractivity contribution in [2.75, 3.05) is 6.61 Å². The van der Waals surface area contributed by atoms with Crippen LogP contribution in [0.25, 0.3) is 0 Å². The number of hydrogen-bond acceptors (Lipinski definition) is 5. The molecule has 2 heterocycles. The molecule has 0 aliphatic rings. The zero-order valence-corrected chi connectivity index (χ0v) is 11.4. The van der Waals surface area contributed by atoms with E-state index in [1.807, 2.05) is 31.5 Å². The Morgan fingerprint density at radius 1 is 1.44 bits per heavy atom. The van der Waals surface area contributed by atoms with Gasteiger partial charge in [-0.3, -0.25) is 0 Å². The molecule has 0 spiro atoms. The molecule has 2 aromatic heterocycles. The number of nitrogens with two attached hydrogens (primary N) is 1. The van der Waals surface area contributed by atoms with Crippen molar-refractivity contribution in [3.8, 4) is 5.88 Å². The minimum Gasteiger partial charge on any atom is -0.477 e. The summed E-state index contributed by atoms with van der Waals surface area (Å²) in [4.78, 5) is 9.70. The molecule has 0 saturated heterocycles. The molecule has 0 aromatic carbocycles. The number of thiazole rings is 1. The molecular weight excluding hydrogens is 246 g/mol. The van der Waals surface area contributed by atoms with E-state index in [-0.39, 0.29) is 6.04 Å². The molecule has 5 heteroatoms. The van der Waals surface area contributed by atoms with Crippen LogP contribution in [0.5, 0.6) is 5.88 Å². The first-order valence-corrected chi connectivity index (χ1v) is 6.78. The fourth-order valence-corrected chi connectivity index (χ4v) is 2.44. The van der Waals surface area contributed by atoms with E-state index >= 15 is 0 Å². The van der Waals surface area contributed by atoms with Crippen molar-refractivity contribution in [2.24, 2.45) is 5.73 Å². The summed E-state index contributed by atoms with van der Waals surface area (Å²) in [6.07, 6.45) is 2.57. The first kappa shape index (κ1) is 13.0. The van der Waals surface area contributed by atoms with Crippen LogP contribution in [-0.4, -0.2) is 16.6 Å². The molecule has 18 heavy (non-hydrogen) atoms. The number of hydrogen-bond donors (Lipinski definition) is 1. The van der Waals surface area contributed by atoms with Gasteiger partial charge in [0.25, 0.3) is 0 Å². The van der Waals surface area contributed by atoms with E-state index in [0.29, 0.717) is 12.5 Å². The number of aromatic nitrogens is 2. The van der Waals surface area contributed by atoms with E-state index in [2.05, 4.69) is 9.97 Å². The summed E-state index contributed by atoms with van der Waals surface area (Å²) in [6.45, 7) is 4.54. The van der Waals surface area contributed by atoms with Crippen LogP contribution in [0, 0.1) is 6.92 Å². The van der Waals surface area contributed by atoms with E-state index in [9.17, 15) is 0 Å². The monoisotopic (exact) mass is 263 g/mol. The molecule has 0 bridgehead atoms. The molecule has 2 rings (SSSR count). The average molecular weight is 263 g/mol. The first-order chi connectivity index (χ1) is 8.68. The summed E-state index contributed by atoms with van der Waals surface area (Å²) in [7, 11) is 0. The predicted octanol–water partition coefficient (Wildman–Crippen LogP) is 2.49. The van der Waals surface area contributed by atoms with Crippen LogP contribution in [0.1, 0.15) is 29.1 Å². The van der Waals surface area contributed by atoms with Gasteiger partial charge in [-0.1, -0.05) is 6.07 Å². The van der Waals surface area contributed by atoms with Crippen molar-refractivity contribution in [3.63, 3.8) is 0 Å². The lowest BCUT2D eigenvalue weighted by molar-refractivity contribution is 0.305. The van der Waals surface area contributed by atoms with Gasteiger partial charge in [0.15, 0.2) is 0 Å². The van der Waals surface area contributed by atoms with Gasteiger partial charge in [-0.05, 0) is 19.9 Å². The molecule has 0 unspecified atom stereocenters. The Morgan fingerprint density at radius 2 is 2.28 bits per heavy atom. The summed E-state index contributed by atoms with van der Waals surface area (Å²) < 4.78 is 5.71. The van der Waals surface area contributed by atoms with Gasteiger partial charge in [-0.2, -0.15) is 0 Å². The summed E-state index contributed by atoms with van der Waals surface area (Å²) in [5.74, 6) is 0.634. The van der Waals surface area contributed by atoms with Crippen LogP contribution in [-0.2, 0) is 6.42 Å². The molecule has 0 fully saturated rings. The van der Waals surface area contributed by atoms with Gasteiger partial charge < -0.3 is 10.5 Å². The maximum atomic E-state index is 5.88. The van der Waals surface area contributed by atoms with Gasteiger partial charge >= 0.3 is 0 Å². The number of aryl methyl sites for hydroxylation is 1. The third-order valence-corrected chi connectivity index (χ3v) is 3.70. The minimum absolute atomic E-state index is 0.0705. The number of nitrogens with zero attached hydrogens (tertiary/aromatic N) is 2. The lowest BCUT2D eigenvalue weighted by Gasteiger charge is -2.12. The standard InChI is InChI=1S/C13H17N3OS/c1-9(14)11-4-3-6-15-13(11)17-7-5-12-10(2)16-8-18-12/h3-4,6,8-9H,5,7,14H2,1-2H3/t9-/m1/s1. The highest BCUT2D eigenvalue weighted by Gasteiger charge is 2.09. The highest BCUT2D eigenvalue weighted by atomic mass is 32.1. The van der Waals surface area contributed by atoms with Crippen molar-refractivity contribution >= 4 is 11.3 Å².